The summed E-state index contributed by atoms with van der Waals surface area (Å²) in [6.07, 6.45) is 3.13. The van der Waals surface area contributed by atoms with Crippen LogP contribution in [0.3, 0.4) is 0 Å². The molecular formula is C12H26N2O4S. The Morgan fingerprint density at radius 1 is 1.21 bits per heavy atom. The third kappa shape index (κ3) is 6.18. The Morgan fingerprint density at radius 3 is 2.47 bits per heavy atom. The maximum Gasteiger partial charge on any atom is 0.214 e. The van der Waals surface area contributed by atoms with Gasteiger partial charge >= 0.3 is 0 Å². The Morgan fingerprint density at radius 2 is 1.89 bits per heavy atom. The van der Waals surface area contributed by atoms with Gasteiger partial charge in [-0.25, -0.2) is 12.7 Å². The Balaban J connectivity index is 2.28. The zero-order valence-electron chi connectivity index (χ0n) is 11.7. The van der Waals surface area contributed by atoms with Crippen LogP contribution in [0.15, 0.2) is 0 Å². The minimum Gasteiger partial charge on any atom is -0.385 e. The lowest BCUT2D eigenvalue weighted by Crippen LogP contribution is -2.42. The number of hydrogen-bond donors (Lipinski definition) is 1. The zero-order valence-corrected chi connectivity index (χ0v) is 12.5. The summed E-state index contributed by atoms with van der Waals surface area (Å²) in [4.78, 5) is 0. The fraction of sp³-hybridized carbons (Fsp3) is 1.00. The lowest BCUT2D eigenvalue weighted by atomic mass is 10.1. The summed E-state index contributed by atoms with van der Waals surface area (Å²) in [5.74, 6) is 0.166. The van der Waals surface area contributed by atoms with Crippen LogP contribution >= 0.6 is 0 Å². The molecule has 1 heterocycles. The van der Waals surface area contributed by atoms with Crippen molar-refractivity contribution in [2.24, 2.45) is 5.73 Å². The first-order valence-corrected chi connectivity index (χ1v) is 8.49. The van der Waals surface area contributed by atoms with E-state index in [1.54, 1.807) is 11.4 Å². The van der Waals surface area contributed by atoms with Crippen LogP contribution in [0.5, 0.6) is 0 Å². The Hall–Kier alpha value is -0.210. The first-order chi connectivity index (χ1) is 9.10. The molecule has 0 bridgehead atoms. The summed E-state index contributed by atoms with van der Waals surface area (Å²) < 4.78 is 36.2. The molecule has 1 saturated heterocycles. The summed E-state index contributed by atoms with van der Waals surface area (Å²) in [6, 6.07) is 0. The molecule has 1 aliphatic rings. The molecule has 0 spiro atoms. The van der Waals surface area contributed by atoms with Crippen molar-refractivity contribution >= 4 is 10.0 Å². The highest BCUT2D eigenvalue weighted by Gasteiger charge is 2.27. The van der Waals surface area contributed by atoms with Crippen molar-refractivity contribution in [3.05, 3.63) is 0 Å². The van der Waals surface area contributed by atoms with Crippen molar-refractivity contribution in [1.29, 1.82) is 0 Å². The van der Waals surface area contributed by atoms with Gasteiger partial charge in [-0.05, 0) is 32.2 Å². The van der Waals surface area contributed by atoms with Crippen LogP contribution in [0.2, 0.25) is 0 Å². The molecule has 7 heteroatoms. The number of nitrogens with zero attached hydrogens (tertiary/aromatic N) is 1. The summed E-state index contributed by atoms with van der Waals surface area (Å²) in [6.45, 7) is 2.90. The van der Waals surface area contributed by atoms with Crippen molar-refractivity contribution in [2.45, 2.75) is 31.8 Å². The number of ether oxygens (including phenoxy) is 2. The second kappa shape index (κ2) is 8.86. The summed E-state index contributed by atoms with van der Waals surface area (Å²) in [5, 5.41) is 0. The van der Waals surface area contributed by atoms with Gasteiger partial charge in [-0.3, -0.25) is 0 Å². The lowest BCUT2D eigenvalue weighted by molar-refractivity contribution is 0.0208. The standard InChI is InChI=1S/C12H26N2O4S/c1-17-9-3-11-19(15,16)14-7-4-12(5-8-14)18-10-2-6-13/h12H,2-11,13H2,1H3. The molecule has 0 aromatic heterocycles. The summed E-state index contributed by atoms with van der Waals surface area (Å²) in [7, 11) is -1.55. The van der Waals surface area contributed by atoms with Gasteiger partial charge < -0.3 is 15.2 Å². The highest BCUT2D eigenvalue weighted by molar-refractivity contribution is 7.89. The van der Waals surface area contributed by atoms with Gasteiger partial charge in [0.1, 0.15) is 0 Å². The Labute approximate surface area is 116 Å². The zero-order chi connectivity index (χ0) is 14.1. The van der Waals surface area contributed by atoms with Crippen LogP contribution in [0, 0.1) is 0 Å². The van der Waals surface area contributed by atoms with E-state index in [-0.39, 0.29) is 11.9 Å². The van der Waals surface area contributed by atoms with Crippen LogP contribution < -0.4 is 5.73 Å². The van der Waals surface area contributed by atoms with E-state index in [2.05, 4.69) is 0 Å². The quantitative estimate of drug-likeness (QED) is 0.614. The fourth-order valence-electron chi connectivity index (χ4n) is 2.13. The van der Waals surface area contributed by atoms with E-state index < -0.39 is 10.0 Å². The van der Waals surface area contributed by atoms with Gasteiger partial charge in [0.15, 0.2) is 0 Å². The van der Waals surface area contributed by atoms with Crippen LogP contribution in [-0.4, -0.2) is 64.5 Å². The van der Waals surface area contributed by atoms with E-state index in [9.17, 15) is 8.42 Å². The molecule has 1 aliphatic heterocycles. The minimum absolute atomic E-state index is 0.166. The maximum absolute atomic E-state index is 12.0. The van der Waals surface area contributed by atoms with E-state index in [4.69, 9.17) is 15.2 Å². The van der Waals surface area contributed by atoms with Crippen LogP contribution in [0.25, 0.3) is 0 Å². The van der Waals surface area contributed by atoms with Crippen molar-refractivity contribution < 1.29 is 17.9 Å². The molecule has 0 unspecified atom stereocenters. The van der Waals surface area contributed by atoms with Gasteiger partial charge in [-0.1, -0.05) is 0 Å². The molecule has 0 atom stereocenters. The molecule has 6 nitrogen and oxygen atoms in total. The summed E-state index contributed by atoms with van der Waals surface area (Å²) >= 11 is 0. The smallest absolute Gasteiger partial charge is 0.214 e. The topological polar surface area (TPSA) is 81.9 Å². The average Bonchev–Trinajstić information content (AvgIpc) is 2.40. The van der Waals surface area contributed by atoms with E-state index in [1.807, 2.05) is 0 Å². The predicted octanol–water partition coefficient (Wildman–Crippen LogP) is 0.183. The molecule has 1 rings (SSSR count). The van der Waals surface area contributed by atoms with E-state index in [0.717, 1.165) is 19.3 Å². The molecule has 19 heavy (non-hydrogen) atoms. The maximum atomic E-state index is 12.0. The first kappa shape index (κ1) is 16.8. The SMILES string of the molecule is COCCCS(=O)(=O)N1CCC(OCCCN)CC1. The second-order valence-electron chi connectivity index (χ2n) is 4.77. The van der Waals surface area contributed by atoms with Crippen molar-refractivity contribution in [3.8, 4) is 0 Å². The number of nitrogens with two attached hydrogens (primary N) is 1. The molecule has 1 fully saturated rings. The predicted molar refractivity (Wildman–Crippen MR) is 74.5 cm³/mol. The molecule has 0 aromatic carbocycles. The molecular weight excluding hydrogens is 268 g/mol. The number of piperidine rings is 1. The van der Waals surface area contributed by atoms with Crippen molar-refractivity contribution in [3.63, 3.8) is 0 Å². The van der Waals surface area contributed by atoms with Crippen molar-refractivity contribution in [1.82, 2.24) is 4.31 Å². The number of methoxy groups -OCH3 is 1. The van der Waals surface area contributed by atoms with Crippen LogP contribution in [-0.2, 0) is 19.5 Å². The largest absolute Gasteiger partial charge is 0.385 e. The monoisotopic (exact) mass is 294 g/mol. The Kier molecular flexibility index (Phi) is 7.86. The fourth-order valence-corrected chi connectivity index (χ4v) is 3.63. The van der Waals surface area contributed by atoms with Crippen LogP contribution in [0.1, 0.15) is 25.7 Å². The molecule has 0 amide bonds. The normalized spacial score (nSPS) is 18.8. The van der Waals surface area contributed by atoms with Crippen molar-refractivity contribution in [2.75, 3.05) is 45.7 Å². The number of sulfonamides is 1. The van der Waals surface area contributed by atoms with Gasteiger partial charge in [0.25, 0.3) is 0 Å². The van der Waals surface area contributed by atoms with Gasteiger partial charge in [-0.2, -0.15) is 0 Å². The number of hydrogen-bond acceptors (Lipinski definition) is 5. The minimum atomic E-state index is -3.13. The van der Waals surface area contributed by atoms with E-state index in [1.165, 1.54) is 0 Å². The Bertz CT molecular complexity index is 327. The third-order valence-electron chi connectivity index (χ3n) is 3.25. The van der Waals surface area contributed by atoms with Gasteiger partial charge in [0.2, 0.25) is 10.0 Å². The molecule has 114 valence electrons. The third-order valence-corrected chi connectivity index (χ3v) is 5.20. The second-order valence-corrected chi connectivity index (χ2v) is 6.86. The molecule has 0 aliphatic carbocycles. The average molecular weight is 294 g/mol. The van der Waals surface area contributed by atoms with E-state index in [0.29, 0.717) is 39.3 Å². The number of rotatable bonds is 9. The van der Waals surface area contributed by atoms with Crippen LogP contribution in [0.4, 0.5) is 0 Å². The first-order valence-electron chi connectivity index (χ1n) is 6.88. The van der Waals surface area contributed by atoms with Gasteiger partial charge in [0.05, 0.1) is 11.9 Å². The highest BCUT2D eigenvalue weighted by atomic mass is 32.2. The highest BCUT2D eigenvalue weighted by Crippen LogP contribution is 2.17. The van der Waals surface area contributed by atoms with Gasteiger partial charge in [0, 0.05) is 33.4 Å². The lowest BCUT2D eigenvalue weighted by Gasteiger charge is -2.31. The van der Waals surface area contributed by atoms with E-state index >= 15 is 0 Å². The molecule has 0 aromatic rings. The molecule has 0 radical (unpaired) electrons. The molecule has 2 N–H and O–H groups in total. The van der Waals surface area contributed by atoms with Gasteiger partial charge in [-0.15, -0.1) is 0 Å². The molecule has 0 saturated carbocycles. The summed E-state index contributed by atoms with van der Waals surface area (Å²) in [5.41, 5.74) is 5.40.